The zero-order valence-corrected chi connectivity index (χ0v) is 9.85. The van der Waals surface area contributed by atoms with Gasteiger partial charge in [0.15, 0.2) is 0 Å². The first-order chi connectivity index (χ1) is 7.66. The summed E-state index contributed by atoms with van der Waals surface area (Å²) in [6, 6.07) is 5.12. The molecule has 0 saturated heterocycles. The molecule has 0 aliphatic rings. The average Bonchev–Trinajstić information content (AvgIpc) is 2.68. The van der Waals surface area contributed by atoms with Crippen LogP contribution in [0.5, 0.6) is 0 Å². The fourth-order valence-corrected chi connectivity index (χ4v) is 2.25. The number of thiophene rings is 1. The highest BCUT2D eigenvalue weighted by Crippen LogP contribution is 2.09. The first-order valence-corrected chi connectivity index (χ1v) is 5.94. The van der Waals surface area contributed by atoms with Gasteiger partial charge >= 0.3 is 5.69 Å². The van der Waals surface area contributed by atoms with Gasteiger partial charge in [0, 0.05) is 17.5 Å². The van der Waals surface area contributed by atoms with Gasteiger partial charge in [-0.3, -0.25) is 14.3 Å². The topological polar surface area (TPSA) is 54.9 Å². The molecule has 0 amide bonds. The number of nitrogens with one attached hydrogen (secondary N) is 1. The highest BCUT2D eigenvalue weighted by Gasteiger charge is 2.03. The van der Waals surface area contributed by atoms with E-state index in [9.17, 15) is 9.59 Å². The van der Waals surface area contributed by atoms with Crippen LogP contribution in [-0.4, -0.2) is 9.55 Å². The molecule has 2 aromatic rings. The van der Waals surface area contributed by atoms with Gasteiger partial charge in [-0.1, -0.05) is 17.7 Å². The first-order valence-electron chi connectivity index (χ1n) is 4.69. The predicted octanol–water partition coefficient (Wildman–Crippen LogP) is 1.49. The van der Waals surface area contributed by atoms with Crippen molar-refractivity contribution in [2.45, 2.75) is 13.0 Å². The maximum absolute atomic E-state index is 11.5. The van der Waals surface area contributed by atoms with E-state index in [1.54, 1.807) is 11.3 Å². The summed E-state index contributed by atoms with van der Waals surface area (Å²) in [5.41, 5.74) is -0.834. The van der Waals surface area contributed by atoms with Crippen molar-refractivity contribution in [3.05, 3.63) is 54.4 Å². The molecular formula is C10H9ClN2O2S. The van der Waals surface area contributed by atoms with E-state index >= 15 is 0 Å². The molecule has 0 atom stereocenters. The van der Waals surface area contributed by atoms with Crippen LogP contribution in [0, 0.1) is 0 Å². The molecule has 4 nitrogen and oxygen atoms in total. The first kappa shape index (κ1) is 11.2. The van der Waals surface area contributed by atoms with E-state index in [1.165, 1.54) is 6.07 Å². The molecule has 0 radical (unpaired) electrons. The zero-order valence-electron chi connectivity index (χ0n) is 8.27. The van der Waals surface area contributed by atoms with Crippen LogP contribution in [0.4, 0.5) is 0 Å². The quantitative estimate of drug-likeness (QED) is 0.846. The molecule has 6 heteroatoms. The summed E-state index contributed by atoms with van der Waals surface area (Å²) in [6.07, 6.45) is 0.669. The lowest BCUT2D eigenvalue weighted by Crippen LogP contribution is -2.34. The number of aromatic amines is 1. The van der Waals surface area contributed by atoms with Gasteiger partial charge in [-0.05, 0) is 17.9 Å². The molecule has 0 aliphatic heterocycles. The van der Waals surface area contributed by atoms with Crippen LogP contribution in [-0.2, 0) is 13.0 Å². The van der Waals surface area contributed by atoms with Gasteiger partial charge < -0.3 is 0 Å². The second-order valence-corrected chi connectivity index (χ2v) is 4.68. The summed E-state index contributed by atoms with van der Waals surface area (Å²) in [4.78, 5) is 26.5. The van der Waals surface area contributed by atoms with Crippen molar-refractivity contribution < 1.29 is 0 Å². The van der Waals surface area contributed by atoms with Crippen LogP contribution in [0.2, 0.25) is 5.15 Å². The Bertz CT molecular complexity index is 554. The van der Waals surface area contributed by atoms with E-state index in [0.717, 1.165) is 9.44 Å². The molecule has 2 rings (SSSR count). The van der Waals surface area contributed by atoms with Crippen molar-refractivity contribution in [3.8, 4) is 0 Å². The summed E-state index contributed by atoms with van der Waals surface area (Å²) >= 11 is 7.16. The number of nitrogens with zero attached hydrogens (tertiary/aromatic N) is 1. The highest BCUT2D eigenvalue weighted by atomic mass is 35.5. The van der Waals surface area contributed by atoms with Crippen molar-refractivity contribution in [3.63, 3.8) is 0 Å². The van der Waals surface area contributed by atoms with E-state index in [2.05, 4.69) is 4.98 Å². The largest absolute Gasteiger partial charge is 0.329 e. The minimum atomic E-state index is -0.464. The summed E-state index contributed by atoms with van der Waals surface area (Å²) < 4.78 is 1.14. The normalized spacial score (nSPS) is 10.6. The summed E-state index contributed by atoms with van der Waals surface area (Å²) in [5.74, 6) is 0. The summed E-state index contributed by atoms with van der Waals surface area (Å²) in [5, 5.41) is 2.03. The Morgan fingerprint density at radius 1 is 1.44 bits per heavy atom. The Balaban J connectivity index is 2.22. The van der Waals surface area contributed by atoms with Crippen molar-refractivity contribution in [1.29, 1.82) is 0 Å². The molecule has 2 aromatic heterocycles. The number of H-pyrrole nitrogens is 1. The van der Waals surface area contributed by atoms with Gasteiger partial charge in [-0.25, -0.2) is 4.79 Å². The maximum Gasteiger partial charge on any atom is 0.329 e. The molecule has 0 spiro atoms. The standard InChI is InChI=1S/C10H9ClN2O2S/c11-8-6-9(14)13(10(15)12-8)4-3-7-2-1-5-16-7/h1-2,5-6H,3-4H2,(H,12,15). The lowest BCUT2D eigenvalue weighted by atomic mass is 10.3. The molecule has 0 aromatic carbocycles. The molecule has 1 N–H and O–H groups in total. The van der Waals surface area contributed by atoms with Crippen LogP contribution < -0.4 is 11.2 Å². The number of hydrogen-bond acceptors (Lipinski definition) is 3. The van der Waals surface area contributed by atoms with Crippen LogP contribution in [0.25, 0.3) is 0 Å². The highest BCUT2D eigenvalue weighted by molar-refractivity contribution is 7.09. The number of aromatic nitrogens is 2. The molecule has 0 fully saturated rings. The van der Waals surface area contributed by atoms with Crippen LogP contribution in [0.3, 0.4) is 0 Å². The molecule has 0 bridgehead atoms. The molecule has 16 heavy (non-hydrogen) atoms. The minimum absolute atomic E-state index is 0.0716. The molecule has 0 saturated carbocycles. The van der Waals surface area contributed by atoms with Gasteiger partial charge in [-0.15, -0.1) is 11.3 Å². The molecule has 2 heterocycles. The lowest BCUT2D eigenvalue weighted by Gasteiger charge is -2.02. The van der Waals surface area contributed by atoms with Crippen molar-refractivity contribution in [2.75, 3.05) is 0 Å². The van der Waals surface area contributed by atoms with Gasteiger partial charge in [0.05, 0.1) is 0 Å². The number of halogens is 1. The van der Waals surface area contributed by atoms with E-state index in [4.69, 9.17) is 11.6 Å². The van der Waals surface area contributed by atoms with Gasteiger partial charge in [0.2, 0.25) is 0 Å². The predicted molar refractivity (Wildman–Crippen MR) is 64.4 cm³/mol. The fraction of sp³-hybridized carbons (Fsp3) is 0.200. The van der Waals surface area contributed by atoms with Gasteiger partial charge in [-0.2, -0.15) is 0 Å². The van der Waals surface area contributed by atoms with Crippen molar-refractivity contribution in [2.24, 2.45) is 0 Å². The Morgan fingerprint density at radius 2 is 2.25 bits per heavy atom. The molecule has 0 unspecified atom stereocenters. The number of hydrogen-bond donors (Lipinski definition) is 1. The Labute approximate surface area is 100 Å². The van der Waals surface area contributed by atoms with E-state index in [1.807, 2.05) is 17.5 Å². The third-order valence-corrected chi connectivity index (χ3v) is 3.29. The molecule has 84 valence electrons. The van der Waals surface area contributed by atoms with Gasteiger partial charge in [0.25, 0.3) is 5.56 Å². The van der Waals surface area contributed by atoms with E-state index < -0.39 is 5.69 Å². The minimum Gasteiger partial charge on any atom is -0.298 e. The third kappa shape index (κ3) is 2.43. The number of aryl methyl sites for hydroxylation is 1. The third-order valence-electron chi connectivity index (χ3n) is 2.15. The maximum atomic E-state index is 11.5. The van der Waals surface area contributed by atoms with Crippen molar-refractivity contribution >= 4 is 22.9 Å². The average molecular weight is 257 g/mol. The Hall–Kier alpha value is -1.33. The van der Waals surface area contributed by atoms with Crippen LogP contribution in [0.1, 0.15) is 4.88 Å². The molecule has 0 aliphatic carbocycles. The van der Waals surface area contributed by atoms with Crippen molar-refractivity contribution in [1.82, 2.24) is 9.55 Å². The summed E-state index contributed by atoms with van der Waals surface area (Å²) in [6.45, 7) is 0.367. The van der Waals surface area contributed by atoms with Gasteiger partial charge in [0.1, 0.15) is 5.15 Å². The second-order valence-electron chi connectivity index (χ2n) is 3.24. The lowest BCUT2D eigenvalue weighted by molar-refractivity contribution is 0.631. The van der Waals surface area contributed by atoms with Crippen LogP contribution in [0.15, 0.2) is 33.2 Å². The smallest absolute Gasteiger partial charge is 0.298 e. The fourth-order valence-electron chi connectivity index (χ4n) is 1.38. The second kappa shape index (κ2) is 4.67. The number of rotatable bonds is 3. The van der Waals surface area contributed by atoms with E-state index in [0.29, 0.717) is 13.0 Å². The zero-order chi connectivity index (χ0) is 11.5. The Kier molecular flexibility index (Phi) is 3.26. The van der Waals surface area contributed by atoms with E-state index in [-0.39, 0.29) is 10.7 Å². The SMILES string of the molecule is O=c1cc(Cl)[nH]c(=O)n1CCc1cccs1. The molecular weight excluding hydrogens is 248 g/mol. The van der Waals surface area contributed by atoms with Crippen LogP contribution >= 0.6 is 22.9 Å². The summed E-state index contributed by atoms with van der Waals surface area (Å²) in [7, 11) is 0. The Morgan fingerprint density at radius 3 is 2.88 bits per heavy atom. The monoisotopic (exact) mass is 256 g/mol.